The number of halogens is 1. The van der Waals surface area contributed by atoms with Crippen molar-refractivity contribution < 1.29 is 19.1 Å². The van der Waals surface area contributed by atoms with Gasteiger partial charge in [0.15, 0.2) is 0 Å². The van der Waals surface area contributed by atoms with Gasteiger partial charge in [-0.05, 0) is 43.9 Å². The van der Waals surface area contributed by atoms with Crippen LogP contribution in [0.15, 0.2) is 29.8 Å². The zero-order valence-corrected chi connectivity index (χ0v) is 11.5. The highest BCUT2D eigenvalue weighted by Crippen LogP contribution is 2.20. The van der Waals surface area contributed by atoms with E-state index in [1.54, 1.807) is 0 Å². The molecule has 2 rings (SSSR count). The molecule has 1 aromatic carbocycles. The number of allylic oxidation sites excluding steroid dienone is 1. The second kappa shape index (κ2) is 6.88. The number of hydrogen-bond acceptors (Lipinski definition) is 2. The van der Waals surface area contributed by atoms with Gasteiger partial charge >= 0.3 is 12.0 Å². The highest BCUT2D eigenvalue weighted by Gasteiger charge is 2.13. The number of hydrogen-bond donors (Lipinski definition) is 3. The number of carbonyl (C=O) groups excluding carboxylic acids is 1. The van der Waals surface area contributed by atoms with Crippen molar-refractivity contribution in [3.8, 4) is 0 Å². The van der Waals surface area contributed by atoms with E-state index in [-0.39, 0.29) is 11.3 Å². The molecule has 0 radical (unpaired) electrons. The molecular formula is C15H17FN2O3. The SMILES string of the molecule is O=C(NCCC1=CCCC1)Nc1cc(F)ccc1C(=O)O. The van der Waals surface area contributed by atoms with Gasteiger partial charge in [-0.15, -0.1) is 0 Å². The lowest BCUT2D eigenvalue weighted by molar-refractivity contribution is 0.0698. The third-order valence-corrected chi connectivity index (χ3v) is 3.33. The molecule has 1 aromatic rings. The first kappa shape index (κ1) is 15.0. The molecule has 0 bridgehead atoms. The average Bonchev–Trinajstić information content (AvgIpc) is 2.91. The molecule has 2 amide bonds. The van der Waals surface area contributed by atoms with Crippen LogP contribution in [0.1, 0.15) is 36.0 Å². The van der Waals surface area contributed by atoms with Crippen LogP contribution in [-0.4, -0.2) is 23.7 Å². The van der Waals surface area contributed by atoms with Crippen molar-refractivity contribution in [3.63, 3.8) is 0 Å². The minimum Gasteiger partial charge on any atom is -0.478 e. The molecule has 0 fully saturated rings. The number of aromatic carboxylic acids is 1. The van der Waals surface area contributed by atoms with E-state index in [0.29, 0.717) is 6.54 Å². The highest BCUT2D eigenvalue weighted by molar-refractivity contribution is 5.99. The van der Waals surface area contributed by atoms with Crippen molar-refractivity contribution in [2.45, 2.75) is 25.7 Å². The van der Waals surface area contributed by atoms with E-state index in [4.69, 9.17) is 5.11 Å². The summed E-state index contributed by atoms with van der Waals surface area (Å²) in [7, 11) is 0. The minimum absolute atomic E-state index is 0.0555. The molecule has 0 atom stereocenters. The summed E-state index contributed by atoms with van der Waals surface area (Å²) >= 11 is 0. The van der Waals surface area contributed by atoms with Crippen molar-refractivity contribution in [1.29, 1.82) is 0 Å². The largest absolute Gasteiger partial charge is 0.478 e. The monoisotopic (exact) mass is 292 g/mol. The number of benzene rings is 1. The lowest BCUT2D eigenvalue weighted by Crippen LogP contribution is -2.30. The molecule has 3 N–H and O–H groups in total. The number of carboxylic acid groups (broad SMARTS) is 1. The van der Waals surface area contributed by atoms with Gasteiger partial charge in [-0.1, -0.05) is 11.6 Å². The Morgan fingerprint density at radius 3 is 2.81 bits per heavy atom. The van der Waals surface area contributed by atoms with E-state index in [9.17, 15) is 14.0 Å². The van der Waals surface area contributed by atoms with Gasteiger partial charge < -0.3 is 15.7 Å². The molecule has 0 saturated carbocycles. The fourth-order valence-electron chi connectivity index (χ4n) is 2.27. The maximum absolute atomic E-state index is 13.1. The summed E-state index contributed by atoms with van der Waals surface area (Å²) < 4.78 is 13.1. The molecule has 0 aromatic heterocycles. The first-order chi connectivity index (χ1) is 10.1. The molecule has 1 aliphatic carbocycles. The third-order valence-electron chi connectivity index (χ3n) is 3.33. The minimum atomic E-state index is -1.22. The molecule has 0 spiro atoms. The van der Waals surface area contributed by atoms with Crippen molar-refractivity contribution in [2.75, 3.05) is 11.9 Å². The Morgan fingerprint density at radius 2 is 2.14 bits per heavy atom. The number of rotatable bonds is 5. The van der Waals surface area contributed by atoms with Gasteiger partial charge in [-0.25, -0.2) is 14.0 Å². The van der Waals surface area contributed by atoms with E-state index >= 15 is 0 Å². The summed E-state index contributed by atoms with van der Waals surface area (Å²) in [5.74, 6) is -1.83. The van der Waals surface area contributed by atoms with Crippen LogP contribution in [0.4, 0.5) is 14.9 Å². The smallest absolute Gasteiger partial charge is 0.337 e. The van der Waals surface area contributed by atoms with Crippen LogP contribution in [0.5, 0.6) is 0 Å². The van der Waals surface area contributed by atoms with Crippen LogP contribution in [0.3, 0.4) is 0 Å². The van der Waals surface area contributed by atoms with Crippen LogP contribution in [0.2, 0.25) is 0 Å². The number of carbonyl (C=O) groups is 2. The van der Waals surface area contributed by atoms with Gasteiger partial charge in [0.1, 0.15) is 5.82 Å². The van der Waals surface area contributed by atoms with Crippen molar-refractivity contribution in [3.05, 3.63) is 41.2 Å². The zero-order valence-electron chi connectivity index (χ0n) is 11.5. The summed E-state index contributed by atoms with van der Waals surface area (Å²) in [5, 5.41) is 14.0. The van der Waals surface area contributed by atoms with Crippen molar-refractivity contribution in [2.24, 2.45) is 0 Å². The summed E-state index contributed by atoms with van der Waals surface area (Å²) in [6.07, 6.45) is 6.27. The van der Waals surface area contributed by atoms with E-state index in [1.807, 2.05) is 0 Å². The Hall–Kier alpha value is -2.37. The Labute approximate surface area is 121 Å². The topological polar surface area (TPSA) is 78.4 Å². The number of amides is 2. The summed E-state index contributed by atoms with van der Waals surface area (Å²) in [5.41, 5.74) is 1.12. The molecule has 5 nitrogen and oxygen atoms in total. The van der Waals surface area contributed by atoms with Gasteiger partial charge in [-0.2, -0.15) is 0 Å². The molecule has 21 heavy (non-hydrogen) atoms. The van der Waals surface area contributed by atoms with Crippen LogP contribution >= 0.6 is 0 Å². The summed E-state index contributed by atoms with van der Waals surface area (Å²) in [6.45, 7) is 0.468. The molecular weight excluding hydrogens is 275 g/mol. The van der Waals surface area contributed by atoms with Crippen LogP contribution in [0.25, 0.3) is 0 Å². The van der Waals surface area contributed by atoms with Gasteiger partial charge in [0, 0.05) is 6.54 Å². The third kappa shape index (κ3) is 4.30. The van der Waals surface area contributed by atoms with E-state index in [2.05, 4.69) is 16.7 Å². The summed E-state index contributed by atoms with van der Waals surface area (Å²) in [6, 6.07) is 2.61. The standard InChI is InChI=1S/C15H17FN2O3/c16-11-5-6-12(14(19)20)13(9-11)18-15(21)17-8-7-10-3-1-2-4-10/h3,5-6,9H,1-2,4,7-8H2,(H,19,20)(H2,17,18,21). The number of anilines is 1. The average molecular weight is 292 g/mol. The van der Waals surface area contributed by atoms with Crippen molar-refractivity contribution in [1.82, 2.24) is 5.32 Å². The number of carboxylic acids is 1. The Morgan fingerprint density at radius 1 is 1.33 bits per heavy atom. The van der Waals surface area contributed by atoms with Crippen LogP contribution in [-0.2, 0) is 0 Å². The first-order valence-electron chi connectivity index (χ1n) is 6.82. The van der Waals surface area contributed by atoms with E-state index in [0.717, 1.165) is 43.9 Å². The summed E-state index contributed by atoms with van der Waals surface area (Å²) in [4.78, 5) is 22.7. The van der Waals surface area contributed by atoms with E-state index < -0.39 is 17.8 Å². The Bertz CT molecular complexity index is 584. The maximum Gasteiger partial charge on any atom is 0.337 e. The zero-order chi connectivity index (χ0) is 15.2. The Balaban J connectivity index is 1.89. The van der Waals surface area contributed by atoms with Crippen molar-refractivity contribution >= 4 is 17.7 Å². The number of urea groups is 1. The lowest BCUT2D eigenvalue weighted by atomic mass is 10.1. The predicted molar refractivity (Wildman–Crippen MR) is 76.9 cm³/mol. The number of nitrogens with one attached hydrogen (secondary N) is 2. The van der Waals surface area contributed by atoms with Gasteiger partial charge in [-0.3, -0.25) is 0 Å². The maximum atomic E-state index is 13.1. The molecule has 0 heterocycles. The van der Waals surface area contributed by atoms with Crippen LogP contribution < -0.4 is 10.6 Å². The molecule has 1 aliphatic rings. The molecule has 6 heteroatoms. The fraction of sp³-hybridized carbons (Fsp3) is 0.333. The molecule has 0 saturated heterocycles. The second-order valence-electron chi connectivity index (χ2n) is 4.88. The molecule has 0 unspecified atom stereocenters. The van der Waals surface area contributed by atoms with Crippen LogP contribution in [0, 0.1) is 5.82 Å². The molecule has 0 aliphatic heterocycles. The van der Waals surface area contributed by atoms with Gasteiger partial charge in [0.2, 0.25) is 0 Å². The first-order valence-corrected chi connectivity index (χ1v) is 6.82. The fourth-order valence-corrected chi connectivity index (χ4v) is 2.27. The second-order valence-corrected chi connectivity index (χ2v) is 4.88. The van der Waals surface area contributed by atoms with E-state index in [1.165, 1.54) is 5.57 Å². The normalized spacial score (nSPS) is 13.7. The molecule has 112 valence electrons. The van der Waals surface area contributed by atoms with Gasteiger partial charge in [0.05, 0.1) is 11.3 Å². The van der Waals surface area contributed by atoms with Gasteiger partial charge in [0.25, 0.3) is 0 Å². The predicted octanol–water partition coefficient (Wildman–Crippen LogP) is 3.15. The quantitative estimate of drug-likeness (QED) is 0.729. The lowest BCUT2D eigenvalue weighted by Gasteiger charge is -2.10. The Kier molecular flexibility index (Phi) is 4.92. The highest BCUT2D eigenvalue weighted by atomic mass is 19.1.